The highest BCUT2D eigenvalue weighted by Gasteiger charge is 2.32. The van der Waals surface area contributed by atoms with Gasteiger partial charge < -0.3 is 10.6 Å². The summed E-state index contributed by atoms with van der Waals surface area (Å²) < 4.78 is 0. The summed E-state index contributed by atoms with van der Waals surface area (Å²) in [5.41, 5.74) is 7.28. The van der Waals surface area contributed by atoms with Crippen LogP contribution in [-0.2, 0) is 4.79 Å². The second-order valence-corrected chi connectivity index (χ2v) is 6.20. The normalized spacial score (nSPS) is 21.3. The molecule has 1 saturated heterocycles. The second kappa shape index (κ2) is 6.58. The quantitative estimate of drug-likeness (QED) is 0.898. The van der Waals surface area contributed by atoms with Gasteiger partial charge >= 0.3 is 0 Å². The van der Waals surface area contributed by atoms with Gasteiger partial charge in [-0.25, -0.2) is 0 Å². The van der Waals surface area contributed by atoms with E-state index in [2.05, 4.69) is 4.90 Å². The third-order valence-electron chi connectivity index (χ3n) is 4.63. The zero-order valence-electron chi connectivity index (χ0n) is 12.6. The predicted octanol–water partition coefficient (Wildman–Crippen LogP) is 1.77. The van der Waals surface area contributed by atoms with E-state index in [0.717, 1.165) is 44.2 Å². The first-order chi connectivity index (χ1) is 10.2. The van der Waals surface area contributed by atoms with Crippen LogP contribution in [0.15, 0.2) is 30.3 Å². The Kier molecular flexibility index (Phi) is 4.56. The highest BCUT2D eigenvalue weighted by atomic mass is 16.2. The minimum absolute atomic E-state index is 0.0390. The van der Waals surface area contributed by atoms with Crippen LogP contribution in [0.5, 0.6) is 0 Å². The van der Waals surface area contributed by atoms with Gasteiger partial charge in [0.05, 0.1) is 0 Å². The van der Waals surface area contributed by atoms with Gasteiger partial charge in [0.2, 0.25) is 5.91 Å². The molecule has 0 aromatic heterocycles. The van der Waals surface area contributed by atoms with E-state index < -0.39 is 0 Å². The van der Waals surface area contributed by atoms with Crippen LogP contribution in [0.2, 0.25) is 0 Å². The van der Waals surface area contributed by atoms with Crippen LogP contribution in [0, 0.1) is 0 Å². The topological polar surface area (TPSA) is 49.6 Å². The molecule has 114 valence electrons. The van der Waals surface area contributed by atoms with Crippen molar-refractivity contribution in [1.82, 2.24) is 9.80 Å². The fourth-order valence-electron chi connectivity index (χ4n) is 3.08. The Morgan fingerprint density at radius 3 is 2.43 bits per heavy atom. The first-order valence-electron chi connectivity index (χ1n) is 8.06. The van der Waals surface area contributed by atoms with Gasteiger partial charge in [0.15, 0.2) is 0 Å². The van der Waals surface area contributed by atoms with Crippen LogP contribution in [-0.4, -0.2) is 47.9 Å². The Hall–Kier alpha value is -1.39. The molecular formula is C17H25N3O. The average Bonchev–Trinajstić information content (AvgIpc) is 3.38. The Labute approximate surface area is 126 Å². The van der Waals surface area contributed by atoms with Gasteiger partial charge in [-0.1, -0.05) is 30.3 Å². The smallest absolute Gasteiger partial charge is 0.222 e. The van der Waals surface area contributed by atoms with Crippen molar-refractivity contribution in [2.45, 2.75) is 37.8 Å². The predicted molar refractivity (Wildman–Crippen MR) is 83.8 cm³/mol. The van der Waals surface area contributed by atoms with Crippen LogP contribution < -0.4 is 5.73 Å². The van der Waals surface area contributed by atoms with Crippen LogP contribution in [0.3, 0.4) is 0 Å². The summed E-state index contributed by atoms with van der Waals surface area (Å²) in [5, 5.41) is 0. The zero-order chi connectivity index (χ0) is 14.7. The van der Waals surface area contributed by atoms with E-state index in [1.54, 1.807) is 0 Å². The Morgan fingerprint density at radius 1 is 1.14 bits per heavy atom. The summed E-state index contributed by atoms with van der Waals surface area (Å²) in [6.07, 6.45) is 3.98. The fraction of sp³-hybridized carbons (Fsp3) is 0.588. The molecule has 0 bridgehead atoms. The van der Waals surface area contributed by atoms with Crippen molar-refractivity contribution in [3.8, 4) is 0 Å². The molecular weight excluding hydrogens is 262 g/mol. The molecule has 4 heteroatoms. The first kappa shape index (κ1) is 14.5. The number of carbonyl (C=O) groups excluding carboxylic acids is 1. The molecule has 1 aromatic carbocycles. The van der Waals surface area contributed by atoms with Crippen LogP contribution >= 0.6 is 0 Å². The number of carbonyl (C=O) groups is 1. The number of amides is 1. The molecule has 2 N–H and O–H groups in total. The van der Waals surface area contributed by atoms with Crippen molar-refractivity contribution in [1.29, 1.82) is 0 Å². The van der Waals surface area contributed by atoms with E-state index in [-0.39, 0.29) is 11.9 Å². The molecule has 1 heterocycles. The van der Waals surface area contributed by atoms with E-state index in [0.29, 0.717) is 6.42 Å². The number of nitrogens with two attached hydrogens (primary N) is 1. The van der Waals surface area contributed by atoms with Gasteiger partial charge in [-0.3, -0.25) is 9.69 Å². The summed E-state index contributed by atoms with van der Waals surface area (Å²) in [4.78, 5) is 16.8. The molecule has 1 atom stereocenters. The first-order valence-corrected chi connectivity index (χ1v) is 8.06. The number of piperazine rings is 1. The lowest BCUT2D eigenvalue weighted by molar-refractivity contribution is -0.133. The summed E-state index contributed by atoms with van der Waals surface area (Å²) in [5.74, 6) is 0.261. The summed E-state index contributed by atoms with van der Waals surface area (Å²) in [6.45, 7) is 3.86. The van der Waals surface area contributed by atoms with Gasteiger partial charge in [0.25, 0.3) is 0 Å². The van der Waals surface area contributed by atoms with E-state index in [1.807, 2.05) is 35.2 Å². The van der Waals surface area contributed by atoms with Gasteiger partial charge in [0, 0.05) is 44.7 Å². The Bertz CT molecular complexity index is 464. The van der Waals surface area contributed by atoms with Crippen LogP contribution in [0.25, 0.3) is 0 Å². The Morgan fingerprint density at radius 2 is 1.81 bits per heavy atom. The van der Waals surface area contributed by atoms with Crippen LogP contribution in [0.1, 0.15) is 37.3 Å². The fourth-order valence-corrected chi connectivity index (χ4v) is 3.08. The SMILES string of the molecule is NC(CCC(=O)N1CCN(C2CC2)CC1)c1ccccc1. The minimum atomic E-state index is -0.0390. The largest absolute Gasteiger partial charge is 0.340 e. The molecule has 1 aliphatic carbocycles. The molecule has 0 radical (unpaired) electrons. The number of nitrogens with zero attached hydrogens (tertiary/aromatic N) is 2. The summed E-state index contributed by atoms with van der Waals surface area (Å²) in [7, 11) is 0. The monoisotopic (exact) mass is 287 g/mol. The average molecular weight is 287 g/mol. The second-order valence-electron chi connectivity index (χ2n) is 6.20. The molecule has 4 nitrogen and oxygen atoms in total. The zero-order valence-corrected chi connectivity index (χ0v) is 12.6. The van der Waals surface area contributed by atoms with Crippen molar-refractivity contribution in [2.75, 3.05) is 26.2 Å². The molecule has 1 saturated carbocycles. The highest BCUT2D eigenvalue weighted by molar-refractivity contribution is 5.76. The Balaban J connectivity index is 1.42. The standard InChI is InChI=1S/C17H25N3O/c18-16(14-4-2-1-3-5-14)8-9-17(21)20-12-10-19(11-13-20)15-6-7-15/h1-5,15-16H,6-13,18H2. The molecule has 2 aliphatic rings. The molecule has 1 aromatic rings. The van der Waals surface area contributed by atoms with Crippen molar-refractivity contribution in [3.05, 3.63) is 35.9 Å². The van der Waals surface area contributed by atoms with E-state index in [9.17, 15) is 4.79 Å². The van der Waals surface area contributed by atoms with Gasteiger partial charge in [-0.2, -0.15) is 0 Å². The molecule has 0 spiro atoms. The summed E-state index contributed by atoms with van der Waals surface area (Å²) in [6, 6.07) is 10.8. The van der Waals surface area contributed by atoms with E-state index >= 15 is 0 Å². The van der Waals surface area contributed by atoms with Gasteiger partial charge in [-0.15, -0.1) is 0 Å². The van der Waals surface area contributed by atoms with Crippen molar-refractivity contribution < 1.29 is 4.79 Å². The molecule has 1 amide bonds. The highest BCUT2D eigenvalue weighted by Crippen LogP contribution is 2.27. The molecule has 1 aliphatic heterocycles. The third-order valence-corrected chi connectivity index (χ3v) is 4.63. The lowest BCUT2D eigenvalue weighted by Crippen LogP contribution is -2.49. The number of hydrogen-bond donors (Lipinski definition) is 1. The molecule has 3 rings (SSSR count). The van der Waals surface area contributed by atoms with Crippen molar-refractivity contribution >= 4 is 5.91 Å². The molecule has 21 heavy (non-hydrogen) atoms. The number of benzene rings is 1. The lowest BCUT2D eigenvalue weighted by atomic mass is 10.0. The molecule has 1 unspecified atom stereocenters. The van der Waals surface area contributed by atoms with E-state index in [4.69, 9.17) is 5.73 Å². The van der Waals surface area contributed by atoms with Crippen molar-refractivity contribution in [3.63, 3.8) is 0 Å². The van der Waals surface area contributed by atoms with E-state index in [1.165, 1.54) is 12.8 Å². The lowest BCUT2D eigenvalue weighted by Gasteiger charge is -2.35. The maximum absolute atomic E-state index is 12.3. The summed E-state index contributed by atoms with van der Waals surface area (Å²) >= 11 is 0. The number of hydrogen-bond acceptors (Lipinski definition) is 3. The van der Waals surface area contributed by atoms with Crippen LogP contribution in [0.4, 0.5) is 0 Å². The third kappa shape index (κ3) is 3.83. The maximum atomic E-state index is 12.3. The van der Waals surface area contributed by atoms with Gasteiger partial charge in [0.1, 0.15) is 0 Å². The number of rotatable bonds is 5. The van der Waals surface area contributed by atoms with Gasteiger partial charge in [-0.05, 0) is 24.8 Å². The minimum Gasteiger partial charge on any atom is -0.340 e. The maximum Gasteiger partial charge on any atom is 0.222 e. The molecule has 2 fully saturated rings. The van der Waals surface area contributed by atoms with Crippen molar-refractivity contribution in [2.24, 2.45) is 5.73 Å².